The minimum absolute atomic E-state index is 0.0107. The van der Waals surface area contributed by atoms with E-state index in [2.05, 4.69) is 10.4 Å². The zero-order chi connectivity index (χ0) is 21.1. The number of nitrogens with zero attached hydrogens (tertiary/aromatic N) is 4. The molecule has 4 rings (SSSR count). The van der Waals surface area contributed by atoms with Crippen molar-refractivity contribution in [1.82, 2.24) is 19.1 Å². The first kappa shape index (κ1) is 19.7. The van der Waals surface area contributed by atoms with Crippen molar-refractivity contribution in [2.24, 2.45) is 0 Å². The Hall–Kier alpha value is -3.65. The molecule has 0 saturated heterocycles. The maximum absolute atomic E-state index is 12.7. The van der Waals surface area contributed by atoms with Gasteiger partial charge in [-0.3, -0.25) is 9.47 Å². The number of rotatable bonds is 6. The van der Waals surface area contributed by atoms with Crippen LogP contribution in [0.3, 0.4) is 0 Å². The van der Waals surface area contributed by atoms with Crippen LogP contribution in [0.25, 0.3) is 11.4 Å². The molecule has 7 nitrogen and oxygen atoms in total. The van der Waals surface area contributed by atoms with Crippen LogP contribution in [0.5, 0.6) is 5.75 Å². The summed E-state index contributed by atoms with van der Waals surface area (Å²) in [6.45, 7) is 1.97. The zero-order valence-electron chi connectivity index (χ0n) is 16.6. The maximum Gasteiger partial charge on any atom is 0.246 e. The summed E-state index contributed by atoms with van der Waals surface area (Å²) in [6.07, 6.45) is 3.74. The van der Waals surface area contributed by atoms with Crippen LogP contribution in [-0.4, -0.2) is 32.1 Å². The van der Waals surface area contributed by atoms with Crippen LogP contribution < -0.4 is 10.1 Å². The van der Waals surface area contributed by atoms with Gasteiger partial charge in [0.05, 0.1) is 12.7 Å². The van der Waals surface area contributed by atoms with Crippen LogP contribution in [-0.2, 0) is 11.3 Å². The first-order valence-electron chi connectivity index (χ1n) is 9.40. The monoisotopic (exact) mass is 419 g/mol. The minimum atomic E-state index is -0.208. The summed E-state index contributed by atoms with van der Waals surface area (Å²) >= 11 is 5.67. The molecular formula is C22H21N5O2S. The summed E-state index contributed by atoms with van der Waals surface area (Å²) in [5, 5.41) is 7.55. The van der Waals surface area contributed by atoms with Crippen LogP contribution >= 0.6 is 12.2 Å². The van der Waals surface area contributed by atoms with E-state index in [0.29, 0.717) is 16.3 Å². The van der Waals surface area contributed by atoms with Crippen LogP contribution in [0.2, 0.25) is 0 Å². The van der Waals surface area contributed by atoms with Gasteiger partial charge in [0, 0.05) is 18.1 Å². The Morgan fingerprint density at radius 1 is 1.10 bits per heavy atom. The highest BCUT2D eigenvalue weighted by Gasteiger charge is 2.18. The van der Waals surface area contributed by atoms with E-state index in [1.165, 1.54) is 4.68 Å². The summed E-state index contributed by atoms with van der Waals surface area (Å²) in [4.78, 5) is 12.7. The summed E-state index contributed by atoms with van der Waals surface area (Å²) in [5.74, 6) is 1.04. The number of carbonyl (C=O) groups excluding carboxylic acids is 1. The lowest BCUT2D eigenvalue weighted by Crippen LogP contribution is -2.20. The Morgan fingerprint density at radius 2 is 1.87 bits per heavy atom. The second-order valence-corrected chi connectivity index (χ2v) is 7.12. The second kappa shape index (κ2) is 8.38. The molecule has 2 aromatic carbocycles. The number of hydrogen-bond acceptors (Lipinski definition) is 4. The first-order chi connectivity index (χ1) is 14.6. The Balaban J connectivity index is 1.73. The number of methoxy groups -OCH3 is 1. The summed E-state index contributed by atoms with van der Waals surface area (Å²) in [5.41, 5.74) is 2.58. The number of aryl methyl sites for hydroxylation is 1. The number of ether oxygens (including phenoxy) is 1. The Kier molecular flexibility index (Phi) is 5.49. The highest BCUT2D eigenvalue weighted by molar-refractivity contribution is 7.71. The maximum atomic E-state index is 12.7. The lowest BCUT2D eigenvalue weighted by atomic mass is 10.2. The van der Waals surface area contributed by atoms with Gasteiger partial charge in [-0.1, -0.05) is 24.3 Å². The third-order valence-electron chi connectivity index (χ3n) is 4.58. The van der Waals surface area contributed by atoms with Gasteiger partial charge in [0.2, 0.25) is 10.7 Å². The lowest BCUT2D eigenvalue weighted by molar-refractivity contribution is -0.116. The molecule has 0 saturated carbocycles. The van der Waals surface area contributed by atoms with Crippen LogP contribution in [0.4, 0.5) is 5.69 Å². The molecule has 1 amide bonds. The fraction of sp³-hybridized carbons (Fsp3) is 0.136. The molecule has 0 unspecified atom stereocenters. The van der Waals surface area contributed by atoms with Crippen molar-refractivity contribution in [3.8, 4) is 17.1 Å². The highest BCUT2D eigenvalue weighted by atomic mass is 32.1. The number of para-hydroxylation sites is 1. The van der Waals surface area contributed by atoms with E-state index in [-0.39, 0.29) is 12.5 Å². The molecule has 0 spiro atoms. The molecule has 152 valence electrons. The number of aromatic nitrogens is 4. The molecule has 0 aliphatic carbocycles. The number of hydrogen-bond donors (Lipinski definition) is 1. The molecule has 0 fully saturated rings. The van der Waals surface area contributed by atoms with Gasteiger partial charge in [-0.15, -0.1) is 5.10 Å². The lowest BCUT2D eigenvalue weighted by Gasteiger charge is -2.10. The zero-order valence-corrected chi connectivity index (χ0v) is 17.5. The van der Waals surface area contributed by atoms with E-state index >= 15 is 0 Å². The normalized spacial score (nSPS) is 10.7. The third-order valence-corrected chi connectivity index (χ3v) is 4.96. The number of benzene rings is 2. The number of nitrogens with one attached hydrogen (secondary N) is 1. The van der Waals surface area contributed by atoms with E-state index in [1.54, 1.807) is 11.8 Å². The van der Waals surface area contributed by atoms with E-state index in [1.807, 2.05) is 84.7 Å². The van der Waals surface area contributed by atoms with Gasteiger partial charge in [-0.2, -0.15) is 0 Å². The van der Waals surface area contributed by atoms with Crippen LogP contribution in [0.15, 0.2) is 73.1 Å². The number of anilines is 1. The fourth-order valence-corrected chi connectivity index (χ4v) is 3.51. The fourth-order valence-electron chi connectivity index (χ4n) is 3.23. The summed E-state index contributed by atoms with van der Waals surface area (Å²) < 4.78 is 11.0. The van der Waals surface area contributed by atoms with Crippen molar-refractivity contribution in [3.05, 3.63) is 83.4 Å². The molecular weight excluding hydrogens is 398 g/mol. The van der Waals surface area contributed by atoms with E-state index < -0.39 is 0 Å². The van der Waals surface area contributed by atoms with Crippen LogP contribution in [0, 0.1) is 11.7 Å². The third kappa shape index (κ3) is 3.90. The van der Waals surface area contributed by atoms with Crippen molar-refractivity contribution in [2.45, 2.75) is 13.5 Å². The average Bonchev–Trinajstić information content (AvgIpc) is 3.36. The van der Waals surface area contributed by atoms with Crippen molar-refractivity contribution < 1.29 is 9.53 Å². The molecule has 8 heteroatoms. The summed E-state index contributed by atoms with van der Waals surface area (Å²) in [6, 6.07) is 19.0. The first-order valence-corrected chi connectivity index (χ1v) is 9.81. The Morgan fingerprint density at radius 3 is 2.60 bits per heavy atom. The SMILES string of the molecule is COc1ccccc1-c1nn(CC(=O)Nc2cccc(C)c2)c(=S)n1-n1cccc1. The van der Waals surface area contributed by atoms with Crippen molar-refractivity contribution in [1.29, 1.82) is 0 Å². The standard InChI is InChI=1S/C22H21N5O2S/c1-16-8-7-9-17(14-16)23-20(28)15-26-22(30)27(25-12-5-6-13-25)21(24-26)18-10-3-4-11-19(18)29-2/h3-14H,15H2,1-2H3,(H,23,28). The predicted molar refractivity (Wildman–Crippen MR) is 118 cm³/mol. The number of amides is 1. The average molecular weight is 420 g/mol. The van der Waals surface area contributed by atoms with Gasteiger partial charge in [0.1, 0.15) is 12.3 Å². The molecule has 30 heavy (non-hydrogen) atoms. The molecule has 0 aliphatic heterocycles. The molecule has 2 heterocycles. The van der Waals surface area contributed by atoms with Gasteiger partial charge in [-0.05, 0) is 61.1 Å². The van der Waals surface area contributed by atoms with E-state index in [9.17, 15) is 4.79 Å². The second-order valence-electron chi connectivity index (χ2n) is 6.76. The van der Waals surface area contributed by atoms with Crippen LogP contribution in [0.1, 0.15) is 5.56 Å². The van der Waals surface area contributed by atoms with Gasteiger partial charge in [0.15, 0.2) is 5.82 Å². The summed E-state index contributed by atoms with van der Waals surface area (Å²) in [7, 11) is 1.61. The quantitative estimate of drug-likeness (QED) is 0.477. The smallest absolute Gasteiger partial charge is 0.246 e. The van der Waals surface area contributed by atoms with Crippen molar-refractivity contribution in [3.63, 3.8) is 0 Å². The molecule has 0 atom stereocenters. The topological polar surface area (TPSA) is 66.0 Å². The van der Waals surface area contributed by atoms with Gasteiger partial charge in [-0.25, -0.2) is 9.36 Å². The number of carbonyl (C=O) groups is 1. The van der Waals surface area contributed by atoms with Gasteiger partial charge in [0.25, 0.3) is 0 Å². The molecule has 4 aromatic rings. The predicted octanol–water partition coefficient (Wildman–Crippen LogP) is 4.15. The molecule has 0 aliphatic rings. The highest BCUT2D eigenvalue weighted by Crippen LogP contribution is 2.28. The van der Waals surface area contributed by atoms with E-state index in [4.69, 9.17) is 17.0 Å². The molecule has 2 aromatic heterocycles. The Bertz CT molecular complexity index is 1240. The molecule has 1 N–H and O–H groups in total. The van der Waals surface area contributed by atoms with Crippen molar-refractivity contribution >= 4 is 23.8 Å². The molecule has 0 bridgehead atoms. The van der Waals surface area contributed by atoms with Gasteiger partial charge >= 0.3 is 0 Å². The largest absolute Gasteiger partial charge is 0.496 e. The Labute approximate surface area is 179 Å². The molecule has 0 radical (unpaired) electrons. The minimum Gasteiger partial charge on any atom is -0.496 e. The van der Waals surface area contributed by atoms with E-state index in [0.717, 1.165) is 16.8 Å². The van der Waals surface area contributed by atoms with Crippen molar-refractivity contribution in [2.75, 3.05) is 12.4 Å². The van der Waals surface area contributed by atoms with Gasteiger partial charge < -0.3 is 10.1 Å².